The average molecular weight is 330 g/mol. The number of benzene rings is 2. The van der Waals surface area contributed by atoms with E-state index in [1.807, 2.05) is 0 Å². The minimum Gasteiger partial charge on any atom is -0.497 e. The summed E-state index contributed by atoms with van der Waals surface area (Å²) in [4.78, 5) is 22.7. The molecule has 0 saturated heterocycles. The Labute approximate surface area is 139 Å². The predicted molar refractivity (Wildman–Crippen MR) is 89.5 cm³/mol. The quantitative estimate of drug-likeness (QED) is 0.648. The minimum absolute atomic E-state index is 0.0583. The van der Waals surface area contributed by atoms with Gasteiger partial charge in [0.25, 0.3) is 5.91 Å². The summed E-state index contributed by atoms with van der Waals surface area (Å²) >= 11 is 0. The number of amides is 1. The molecule has 0 radical (unpaired) electrons. The lowest BCUT2D eigenvalue weighted by Crippen LogP contribution is -2.30. The van der Waals surface area contributed by atoms with E-state index in [9.17, 15) is 14.9 Å². The van der Waals surface area contributed by atoms with Gasteiger partial charge >= 0.3 is 5.69 Å². The van der Waals surface area contributed by atoms with Crippen molar-refractivity contribution in [2.75, 3.05) is 12.4 Å². The molecule has 7 heteroatoms. The van der Waals surface area contributed by atoms with Crippen LogP contribution in [0.3, 0.4) is 0 Å². The van der Waals surface area contributed by atoms with E-state index in [0.717, 1.165) is 5.56 Å². The molecule has 126 valence electrons. The molecular formula is C17H18N2O5. The normalized spacial score (nSPS) is 11.5. The Morgan fingerprint density at radius 3 is 2.46 bits per heavy atom. The highest BCUT2D eigenvalue weighted by molar-refractivity contribution is 5.94. The molecule has 7 nitrogen and oxygen atoms in total. The fourth-order valence-electron chi connectivity index (χ4n) is 2.03. The van der Waals surface area contributed by atoms with Gasteiger partial charge in [0.15, 0.2) is 11.9 Å². The molecular weight excluding hydrogens is 312 g/mol. The van der Waals surface area contributed by atoms with E-state index in [-0.39, 0.29) is 11.4 Å². The number of rotatable bonds is 6. The molecule has 0 heterocycles. The highest BCUT2D eigenvalue weighted by Gasteiger charge is 2.21. The molecule has 0 aliphatic heterocycles. The summed E-state index contributed by atoms with van der Waals surface area (Å²) in [5, 5.41) is 13.8. The first-order chi connectivity index (χ1) is 11.4. The number of nitrogens with one attached hydrogen (secondary N) is 1. The standard InChI is InChI=1S/C17H18N2O5/c1-11-4-9-16(15(10-11)19(21)22)24-12(2)17(20)18-13-5-7-14(23-3)8-6-13/h4-10,12H,1-3H3,(H,18,20)/t12-/m0/s1. The highest BCUT2D eigenvalue weighted by atomic mass is 16.6. The lowest BCUT2D eigenvalue weighted by molar-refractivity contribution is -0.386. The van der Waals surface area contributed by atoms with Crippen molar-refractivity contribution in [2.24, 2.45) is 0 Å². The summed E-state index contributed by atoms with van der Waals surface area (Å²) in [5.41, 5.74) is 1.15. The first-order valence-corrected chi connectivity index (χ1v) is 7.27. The van der Waals surface area contributed by atoms with E-state index >= 15 is 0 Å². The number of methoxy groups -OCH3 is 1. The highest BCUT2D eigenvalue weighted by Crippen LogP contribution is 2.28. The van der Waals surface area contributed by atoms with Gasteiger partial charge in [-0.1, -0.05) is 6.07 Å². The maximum Gasteiger partial charge on any atom is 0.311 e. The zero-order valence-electron chi connectivity index (χ0n) is 13.6. The third-order valence-corrected chi connectivity index (χ3v) is 3.34. The number of anilines is 1. The van der Waals surface area contributed by atoms with Crippen molar-refractivity contribution in [2.45, 2.75) is 20.0 Å². The monoisotopic (exact) mass is 330 g/mol. The SMILES string of the molecule is COc1ccc(NC(=O)[C@H](C)Oc2ccc(C)cc2[N+](=O)[O-])cc1. The number of nitro groups is 1. The van der Waals surface area contributed by atoms with Crippen LogP contribution in [0, 0.1) is 17.0 Å². The molecule has 0 aliphatic carbocycles. The molecule has 1 N–H and O–H groups in total. The summed E-state index contributed by atoms with van der Waals surface area (Å²) in [6.07, 6.45) is -0.895. The minimum atomic E-state index is -0.895. The van der Waals surface area contributed by atoms with Crippen LogP contribution in [0.2, 0.25) is 0 Å². The van der Waals surface area contributed by atoms with Gasteiger partial charge in [0.05, 0.1) is 12.0 Å². The Hall–Kier alpha value is -3.09. The molecule has 0 aromatic heterocycles. The number of ether oxygens (including phenoxy) is 2. The van der Waals surface area contributed by atoms with Gasteiger partial charge in [-0.15, -0.1) is 0 Å². The Balaban J connectivity index is 2.07. The Morgan fingerprint density at radius 2 is 1.88 bits per heavy atom. The van der Waals surface area contributed by atoms with Crippen LogP contribution in [0.5, 0.6) is 11.5 Å². The summed E-state index contributed by atoms with van der Waals surface area (Å²) in [6, 6.07) is 11.4. The Morgan fingerprint density at radius 1 is 1.21 bits per heavy atom. The zero-order chi connectivity index (χ0) is 17.7. The zero-order valence-corrected chi connectivity index (χ0v) is 13.6. The number of nitrogens with zero attached hydrogens (tertiary/aromatic N) is 1. The van der Waals surface area contributed by atoms with E-state index in [2.05, 4.69) is 5.32 Å². The molecule has 1 amide bonds. The Bertz CT molecular complexity index is 743. The van der Waals surface area contributed by atoms with Crippen LogP contribution in [0.4, 0.5) is 11.4 Å². The molecule has 0 bridgehead atoms. The van der Waals surface area contributed by atoms with Crippen molar-refractivity contribution in [1.82, 2.24) is 0 Å². The second-order valence-corrected chi connectivity index (χ2v) is 5.21. The molecule has 0 aliphatic rings. The number of nitro benzene ring substituents is 1. The predicted octanol–water partition coefficient (Wildman–Crippen LogP) is 3.32. The summed E-state index contributed by atoms with van der Waals surface area (Å²) in [6.45, 7) is 3.28. The lowest BCUT2D eigenvalue weighted by Gasteiger charge is -2.15. The molecule has 2 rings (SSSR count). The van der Waals surface area contributed by atoms with Crippen molar-refractivity contribution >= 4 is 17.3 Å². The topological polar surface area (TPSA) is 90.7 Å². The maximum absolute atomic E-state index is 12.2. The van der Waals surface area contributed by atoms with Crippen LogP contribution in [0.25, 0.3) is 0 Å². The van der Waals surface area contributed by atoms with Crippen LogP contribution < -0.4 is 14.8 Å². The van der Waals surface area contributed by atoms with Crippen molar-refractivity contribution in [1.29, 1.82) is 0 Å². The summed E-state index contributed by atoms with van der Waals surface area (Å²) < 4.78 is 10.5. The first-order valence-electron chi connectivity index (χ1n) is 7.27. The average Bonchev–Trinajstić information content (AvgIpc) is 2.56. The van der Waals surface area contributed by atoms with E-state index in [4.69, 9.17) is 9.47 Å². The summed E-state index contributed by atoms with van der Waals surface area (Å²) in [5.74, 6) is 0.325. The van der Waals surface area contributed by atoms with Gasteiger partial charge in [0, 0.05) is 11.8 Å². The number of hydrogen-bond donors (Lipinski definition) is 1. The van der Waals surface area contributed by atoms with Crippen molar-refractivity contribution < 1.29 is 19.2 Å². The molecule has 2 aromatic carbocycles. The first kappa shape index (κ1) is 17.3. The van der Waals surface area contributed by atoms with Crippen LogP contribution in [-0.4, -0.2) is 24.0 Å². The fourth-order valence-corrected chi connectivity index (χ4v) is 2.03. The van der Waals surface area contributed by atoms with Gasteiger partial charge in [-0.2, -0.15) is 0 Å². The van der Waals surface area contributed by atoms with E-state index < -0.39 is 16.9 Å². The van der Waals surface area contributed by atoms with Gasteiger partial charge in [-0.05, 0) is 49.7 Å². The van der Waals surface area contributed by atoms with E-state index in [0.29, 0.717) is 11.4 Å². The second-order valence-electron chi connectivity index (χ2n) is 5.21. The smallest absolute Gasteiger partial charge is 0.311 e. The number of carbonyl (C=O) groups excluding carboxylic acids is 1. The molecule has 0 unspecified atom stereocenters. The van der Waals surface area contributed by atoms with Crippen molar-refractivity contribution in [3.63, 3.8) is 0 Å². The van der Waals surface area contributed by atoms with Gasteiger partial charge in [-0.3, -0.25) is 14.9 Å². The second kappa shape index (κ2) is 7.45. The van der Waals surface area contributed by atoms with E-state index in [1.165, 1.54) is 19.1 Å². The van der Waals surface area contributed by atoms with Crippen LogP contribution in [0.15, 0.2) is 42.5 Å². The Kier molecular flexibility index (Phi) is 5.36. The van der Waals surface area contributed by atoms with Crippen LogP contribution in [0.1, 0.15) is 12.5 Å². The van der Waals surface area contributed by atoms with E-state index in [1.54, 1.807) is 44.4 Å². The number of aryl methyl sites for hydroxylation is 1. The van der Waals surface area contributed by atoms with Gasteiger partial charge in [0.1, 0.15) is 5.75 Å². The van der Waals surface area contributed by atoms with Crippen LogP contribution in [-0.2, 0) is 4.79 Å². The largest absolute Gasteiger partial charge is 0.497 e. The molecule has 0 saturated carbocycles. The van der Waals surface area contributed by atoms with Gasteiger partial charge in [-0.25, -0.2) is 0 Å². The number of carbonyl (C=O) groups is 1. The lowest BCUT2D eigenvalue weighted by atomic mass is 10.2. The van der Waals surface area contributed by atoms with Crippen molar-refractivity contribution in [3.05, 3.63) is 58.1 Å². The molecule has 0 fully saturated rings. The molecule has 0 spiro atoms. The molecule has 2 aromatic rings. The summed E-state index contributed by atoms with van der Waals surface area (Å²) in [7, 11) is 1.55. The van der Waals surface area contributed by atoms with Crippen LogP contribution >= 0.6 is 0 Å². The van der Waals surface area contributed by atoms with Gasteiger partial charge in [0.2, 0.25) is 0 Å². The fraction of sp³-hybridized carbons (Fsp3) is 0.235. The maximum atomic E-state index is 12.2. The molecule has 24 heavy (non-hydrogen) atoms. The number of hydrogen-bond acceptors (Lipinski definition) is 5. The third kappa shape index (κ3) is 4.22. The van der Waals surface area contributed by atoms with Crippen molar-refractivity contribution in [3.8, 4) is 11.5 Å². The third-order valence-electron chi connectivity index (χ3n) is 3.34. The van der Waals surface area contributed by atoms with Gasteiger partial charge < -0.3 is 14.8 Å². The molecule has 1 atom stereocenters.